The van der Waals surface area contributed by atoms with Crippen molar-refractivity contribution in [3.63, 3.8) is 0 Å². The lowest BCUT2D eigenvalue weighted by Crippen LogP contribution is -2.42. The molecule has 4 rings (SSSR count). The fourth-order valence-corrected chi connectivity index (χ4v) is 3.65. The topological polar surface area (TPSA) is 71.3 Å². The first-order chi connectivity index (χ1) is 14.5. The number of urea groups is 1. The lowest BCUT2D eigenvalue weighted by Gasteiger charge is -2.32. The van der Waals surface area contributed by atoms with Gasteiger partial charge in [-0.1, -0.05) is 47.9 Å². The summed E-state index contributed by atoms with van der Waals surface area (Å²) in [4.78, 5) is 14.4. The van der Waals surface area contributed by atoms with E-state index in [9.17, 15) is 9.18 Å². The normalized spacial score (nSPS) is 17.9. The number of carbonyl (C=O) groups is 1. The third kappa shape index (κ3) is 4.56. The number of hydrogen-bond acceptors (Lipinski definition) is 4. The molecule has 7 heteroatoms. The van der Waals surface area contributed by atoms with Gasteiger partial charge in [0.15, 0.2) is 0 Å². The number of carbonyl (C=O) groups excluding carboxylic acids is 1. The predicted octanol–water partition coefficient (Wildman–Crippen LogP) is 5.14. The van der Waals surface area contributed by atoms with Crippen LogP contribution in [0.25, 0.3) is 17.5 Å². The smallest absolute Gasteiger partial charge is 0.325 e. The molecule has 1 N–H and O–H groups in total. The number of benzene rings is 2. The van der Waals surface area contributed by atoms with E-state index in [4.69, 9.17) is 4.42 Å². The highest BCUT2D eigenvalue weighted by Gasteiger charge is 2.25. The molecule has 154 valence electrons. The van der Waals surface area contributed by atoms with Crippen LogP contribution in [-0.2, 0) is 0 Å². The van der Waals surface area contributed by atoms with Crippen molar-refractivity contribution in [2.24, 2.45) is 5.92 Å². The number of aromatic nitrogens is 2. The van der Waals surface area contributed by atoms with Gasteiger partial charge in [0.25, 0.3) is 0 Å². The molecule has 0 aliphatic carbocycles. The molecule has 0 saturated carbocycles. The fraction of sp³-hybridized carbons (Fsp3) is 0.261. The molecule has 1 aromatic heterocycles. The third-order valence-corrected chi connectivity index (χ3v) is 5.16. The quantitative estimate of drug-likeness (QED) is 0.654. The molecule has 1 saturated heterocycles. The molecular weight excluding hydrogens is 383 g/mol. The monoisotopic (exact) mass is 406 g/mol. The molecule has 2 heterocycles. The van der Waals surface area contributed by atoms with Crippen LogP contribution < -0.4 is 5.32 Å². The zero-order chi connectivity index (χ0) is 21.1. The van der Waals surface area contributed by atoms with E-state index in [0.717, 1.165) is 23.1 Å². The molecule has 1 aliphatic rings. The van der Waals surface area contributed by atoms with Crippen LogP contribution in [0.1, 0.15) is 24.5 Å². The minimum absolute atomic E-state index is 0.0723. The third-order valence-electron chi connectivity index (χ3n) is 5.16. The molecular formula is C23H23FN4O2. The van der Waals surface area contributed by atoms with Gasteiger partial charge in [-0.2, -0.15) is 0 Å². The summed E-state index contributed by atoms with van der Waals surface area (Å²) in [6.45, 7) is 5.07. The molecule has 30 heavy (non-hydrogen) atoms. The maximum Gasteiger partial charge on any atom is 0.325 e. The highest BCUT2D eigenvalue weighted by molar-refractivity contribution is 5.87. The second-order valence-electron chi connectivity index (χ2n) is 7.59. The van der Waals surface area contributed by atoms with Crippen LogP contribution in [0.4, 0.5) is 15.2 Å². The number of nitrogens with zero attached hydrogens (tertiary/aromatic N) is 3. The van der Waals surface area contributed by atoms with Gasteiger partial charge in [0.2, 0.25) is 5.89 Å². The Morgan fingerprint density at radius 2 is 2.03 bits per heavy atom. The Balaban J connectivity index is 1.39. The molecule has 1 atom stereocenters. The molecule has 0 radical (unpaired) electrons. The van der Waals surface area contributed by atoms with E-state index in [0.29, 0.717) is 19.0 Å². The van der Waals surface area contributed by atoms with Crippen LogP contribution in [0.3, 0.4) is 0 Å². The lowest BCUT2D eigenvalue weighted by molar-refractivity contribution is 0.197. The van der Waals surface area contributed by atoms with Gasteiger partial charge < -0.3 is 9.32 Å². The summed E-state index contributed by atoms with van der Waals surface area (Å²) in [6, 6.07) is 14.2. The summed E-state index contributed by atoms with van der Waals surface area (Å²) < 4.78 is 19.2. The number of piperidine rings is 1. The molecule has 6 nitrogen and oxygen atoms in total. The summed E-state index contributed by atoms with van der Waals surface area (Å²) in [7, 11) is 0. The van der Waals surface area contributed by atoms with Crippen LogP contribution in [0.15, 0.2) is 58.5 Å². The highest BCUT2D eigenvalue weighted by Crippen LogP contribution is 2.26. The van der Waals surface area contributed by atoms with E-state index in [1.165, 1.54) is 17.7 Å². The Hall–Kier alpha value is -3.48. The number of nitrogens with one attached hydrogen (secondary N) is 1. The average molecular weight is 406 g/mol. The molecule has 2 amide bonds. The van der Waals surface area contributed by atoms with Gasteiger partial charge in [-0.05, 0) is 54.7 Å². The van der Waals surface area contributed by atoms with Crippen molar-refractivity contribution in [2.45, 2.75) is 20.3 Å². The molecule has 2 aromatic carbocycles. The van der Waals surface area contributed by atoms with Crippen LogP contribution in [0.5, 0.6) is 0 Å². The number of hydrogen-bond donors (Lipinski definition) is 1. The Labute approximate surface area is 174 Å². The van der Waals surface area contributed by atoms with Crippen LogP contribution >= 0.6 is 0 Å². The minimum atomic E-state index is -0.272. The summed E-state index contributed by atoms with van der Waals surface area (Å²) >= 11 is 0. The zero-order valence-electron chi connectivity index (χ0n) is 16.9. The molecule has 3 aromatic rings. The zero-order valence-corrected chi connectivity index (χ0v) is 16.9. The SMILES string of the molecule is Cc1cc(F)cc(/C=C2\CCN(C(=O)Nc3nnc(-c4ccccc4)o3)CC2C)c1. The summed E-state index contributed by atoms with van der Waals surface area (Å²) in [5, 5.41) is 10.6. The van der Waals surface area contributed by atoms with Gasteiger partial charge in [-0.25, -0.2) is 9.18 Å². The molecule has 1 unspecified atom stereocenters. The van der Waals surface area contributed by atoms with E-state index in [1.807, 2.05) is 49.4 Å². The van der Waals surface area contributed by atoms with Crippen molar-refractivity contribution in [3.05, 3.63) is 71.0 Å². The first kappa shape index (κ1) is 19.8. The molecule has 0 spiro atoms. The maximum absolute atomic E-state index is 13.7. The van der Waals surface area contributed by atoms with Gasteiger partial charge in [-0.15, -0.1) is 5.10 Å². The number of rotatable bonds is 3. The van der Waals surface area contributed by atoms with Gasteiger partial charge in [-0.3, -0.25) is 5.32 Å². The summed E-state index contributed by atoms with van der Waals surface area (Å²) in [6.07, 6.45) is 2.75. The van der Waals surface area contributed by atoms with Gasteiger partial charge >= 0.3 is 12.0 Å². The Kier molecular flexibility index (Phi) is 5.61. The van der Waals surface area contributed by atoms with E-state index < -0.39 is 0 Å². The van der Waals surface area contributed by atoms with Crippen LogP contribution in [0.2, 0.25) is 0 Å². The average Bonchev–Trinajstić information content (AvgIpc) is 3.18. The predicted molar refractivity (Wildman–Crippen MR) is 113 cm³/mol. The number of halogens is 1. The maximum atomic E-state index is 13.7. The van der Waals surface area contributed by atoms with Crippen molar-refractivity contribution >= 4 is 18.1 Å². The van der Waals surface area contributed by atoms with Crippen molar-refractivity contribution < 1.29 is 13.6 Å². The fourth-order valence-electron chi connectivity index (χ4n) is 3.65. The van der Waals surface area contributed by atoms with Gasteiger partial charge in [0.05, 0.1) is 0 Å². The van der Waals surface area contributed by atoms with Crippen molar-refractivity contribution in [1.82, 2.24) is 15.1 Å². The number of aryl methyl sites for hydroxylation is 1. The van der Waals surface area contributed by atoms with E-state index in [-0.39, 0.29) is 23.8 Å². The van der Waals surface area contributed by atoms with Gasteiger partial charge in [0.1, 0.15) is 5.82 Å². The van der Waals surface area contributed by atoms with Crippen LogP contribution in [-0.4, -0.2) is 34.2 Å². The minimum Gasteiger partial charge on any atom is -0.403 e. The molecule has 1 fully saturated rings. The molecule has 0 bridgehead atoms. The Morgan fingerprint density at radius 3 is 2.77 bits per heavy atom. The first-order valence-corrected chi connectivity index (χ1v) is 9.90. The van der Waals surface area contributed by atoms with Crippen LogP contribution in [0, 0.1) is 18.7 Å². The van der Waals surface area contributed by atoms with Crippen molar-refractivity contribution in [3.8, 4) is 11.5 Å². The van der Waals surface area contributed by atoms with E-state index >= 15 is 0 Å². The van der Waals surface area contributed by atoms with Crippen molar-refractivity contribution in [2.75, 3.05) is 18.4 Å². The summed E-state index contributed by atoms with van der Waals surface area (Å²) in [5.41, 5.74) is 3.74. The standard InChI is InChI=1S/C23H23FN4O2/c1-15-10-17(13-20(24)11-15)12-19-8-9-28(14-16(19)2)23(29)25-22-27-26-21(30-22)18-6-4-3-5-7-18/h3-7,10-13,16H,8-9,14H2,1-2H3,(H,25,27,29)/b19-12+. The largest absolute Gasteiger partial charge is 0.403 e. The Bertz CT molecular complexity index is 1060. The Morgan fingerprint density at radius 1 is 1.23 bits per heavy atom. The highest BCUT2D eigenvalue weighted by atomic mass is 19.1. The lowest BCUT2D eigenvalue weighted by atomic mass is 9.91. The summed E-state index contributed by atoms with van der Waals surface area (Å²) in [5.74, 6) is 0.282. The number of amides is 2. The second-order valence-corrected chi connectivity index (χ2v) is 7.59. The molecule has 1 aliphatic heterocycles. The second kappa shape index (κ2) is 8.49. The first-order valence-electron chi connectivity index (χ1n) is 9.90. The van der Waals surface area contributed by atoms with Gasteiger partial charge in [0, 0.05) is 18.7 Å². The van der Waals surface area contributed by atoms with Crippen molar-refractivity contribution in [1.29, 1.82) is 0 Å². The van der Waals surface area contributed by atoms with E-state index in [2.05, 4.69) is 22.4 Å². The number of likely N-dealkylation sites (tertiary alicyclic amines) is 1. The number of anilines is 1. The van der Waals surface area contributed by atoms with E-state index in [1.54, 1.807) is 4.90 Å².